The Labute approximate surface area is 125 Å². The van der Waals surface area contributed by atoms with E-state index in [1.807, 2.05) is 7.05 Å². The van der Waals surface area contributed by atoms with Gasteiger partial charge in [0, 0.05) is 19.2 Å². The molecule has 0 spiro atoms. The summed E-state index contributed by atoms with van der Waals surface area (Å²) in [7, 11) is -1.58. The van der Waals surface area contributed by atoms with Crippen molar-refractivity contribution < 1.29 is 17.9 Å². The summed E-state index contributed by atoms with van der Waals surface area (Å²) in [5.74, 6) is 1.49. The second-order valence-corrected chi connectivity index (χ2v) is 7.45. The molecule has 0 amide bonds. The minimum Gasteiger partial charge on any atom is -0.454 e. The van der Waals surface area contributed by atoms with E-state index < -0.39 is 10.0 Å². The number of benzene rings is 1. The number of aryl methyl sites for hydroxylation is 1. The van der Waals surface area contributed by atoms with E-state index in [0.29, 0.717) is 41.0 Å². The van der Waals surface area contributed by atoms with Crippen molar-refractivity contribution in [2.24, 2.45) is 5.92 Å². The van der Waals surface area contributed by atoms with Crippen LogP contribution in [0.1, 0.15) is 12.0 Å². The first-order valence-corrected chi connectivity index (χ1v) is 8.51. The van der Waals surface area contributed by atoms with E-state index in [9.17, 15) is 8.42 Å². The molecular formula is C14H20N2O4S. The smallest absolute Gasteiger partial charge is 0.243 e. The van der Waals surface area contributed by atoms with Gasteiger partial charge in [-0.3, -0.25) is 0 Å². The largest absolute Gasteiger partial charge is 0.454 e. The van der Waals surface area contributed by atoms with Crippen LogP contribution in [0.3, 0.4) is 0 Å². The molecular weight excluding hydrogens is 292 g/mol. The second kappa shape index (κ2) is 5.47. The average molecular weight is 312 g/mol. The molecule has 1 atom stereocenters. The highest BCUT2D eigenvalue weighted by molar-refractivity contribution is 7.89. The number of nitrogens with zero attached hydrogens (tertiary/aromatic N) is 1. The lowest BCUT2D eigenvalue weighted by molar-refractivity contribution is 0.174. The van der Waals surface area contributed by atoms with Crippen molar-refractivity contribution in [3.05, 3.63) is 17.7 Å². The molecule has 0 bridgehead atoms. The quantitative estimate of drug-likeness (QED) is 0.897. The molecule has 1 N–H and O–H groups in total. The van der Waals surface area contributed by atoms with Gasteiger partial charge in [0.15, 0.2) is 11.5 Å². The van der Waals surface area contributed by atoms with Crippen molar-refractivity contribution in [3.8, 4) is 11.5 Å². The van der Waals surface area contributed by atoms with Gasteiger partial charge in [-0.2, -0.15) is 4.31 Å². The van der Waals surface area contributed by atoms with Gasteiger partial charge in [0.2, 0.25) is 16.8 Å². The molecule has 1 aromatic rings. The first kappa shape index (κ1) is 14.6. The standard InChI is InChI=1S/C14H20N2O4S/c1-10-5-12-13(20-9-19-12)6-14(10)21(17,18)16-4-3-11(8-16)7-15-2/h5-6,11,15H,3-4,7-9H2,1-2H3. The number of hydrogen-bond acceptors (Lipinski definition) is 5. The minimum atomic E-state index is -3.47. The summed E-state index contributed by atoms with van der Waals surface area (Å²) >= 11 is 0. The first-order valence-electron chi connectivity index (χ1n) is 7.07. The van der Waals surface area contributed by atoms with Gasteiger partial charge in [-0.15, -0.1) is 0 Å². The number of fused-ring (bicyclic) bond motifs is 1. The van der Waals surface area contributed by atoms with Gasteiger partial charge < -0.3 is 14.8 Å². The van der Waals surface area contributed by atoms with Crippen LogP contribution in [0.25, 0.3) is 0 Å². The molecule has 0 radical (unpaired) electrons. The van der Waals surface area contributed by atoms with E-state index in [4.69, 9.17) is 9.47 Å². The molecule has 2 aliphatic rings. The van der Waals surface area contributed by atoms with Gasteiger partial charge in [0.25, 0.3) is 0 Å². The van der Waals surface area contributed by atoms with Crippen LogP contribution >= 0.6 is 0 Å². The monoisotopic (exact) mass is 312 g/mol. The van der Waals surface area contributed by atoms with E-state index in [-0.39, 0.29) is 6.79 Å². The summed E-state index contributed by atoms with van der Waals surface area (Å²) in [4.78, 5) is 0.317. The van der Waals surface area contributed by atoms with Crippen LogP contribution < -0.4 is 14.8 Å². The number of ether oxygens (including phenoxy) is 2. The van der Waals surface area contributed by atoms with Crippen LogP contribution in [0.4, 0.5) is 0 Å². The predicted molar refractivity (Wildman–Crippen MR) is 78.1 cm³/mol. The molecule has 0 saturated carbocycles. The maximum absolute atomic E-state index is 12.8. The van der Waals surface area contributed by atoms with Crippen molar-refractivity contribution >= 4 is 10.0 Å². The van der Waals surface area contributed by atoms with E-state index in [0.717, 1.165) is 13.0 Å². The van der Waals surface area contributed by atoms with Gasteiger partial charge in [0.05, 0.1) is 4.90 Å². The molecule has 1 fully saturated rings. The molecule has 0 aliphatic carbocycles. The van der Waals surface area contributed by atoms with Crippen LogP contribution in [-0.4, -0.2) is 46.2 Å². The zero-order valence-corrected chi connectivity index (χ0v) is 13.1. The van der Waals surface area contributed by atoms with E-state index in [1.54, 1.807) is 23.4 Å². The molecule has 0 aromatic heterocycles. The van der Waals surface area contributed by atoms with Crippen LogP contribution in [0.2, 0.25) is 0 Å². The highest BCUT2D eigenvalue weighted by Gasteiger charge is 2.34. The Morgan fingerprint density at radius 1 is 1.33 bits per heavy atom. The van der Waals surface area contributed by atoms with Crippen LogP contribution in [-0.2, 0) is 10.0 Å². The molecule has 2 heterocycles. The van der Waals surface area contributed by atoms with Crippen molar-refractivity contribution in [1.29, 1.82) is 0 Å². The van der Waals surface area contributed by atoms with Gasteiger partial charge in [0.1, 0.15) is 0 Å². The average Bonchev–Trinajstić information content (AvgIpc) is 3.06. The third-order valence-electron chi connectivity index (χ3n) is 4.03. The van der Waals surface area contributed by atoms with Gasteiger partial charge in [-0.25, -0.2) is 8.42 Å². The van der Waals surface area contributed by atoms with Crippen molar-refractivity contribution in [2.45, 2.75) is 18.2 Å². The molecule has 6 nitrogen and oxygen atoms in total. The Balaban J connectivity index is 1.89. The summed E-state index contributed by atoms with van der Waals surface area (Å²) in [6.45, 7) is 3.91. The molecule has 21 heavy (non-hydrogen) atoms. The second-order valence-electron chi connectivity index (χ2n) is 5.55. The summed E-state index contributed by atoms with van der Waals surface area (Å²) in [6, 6.07) is 3.31. The fourth-order valence-corrected chi connectivity index (χ4v) is 4.67. The number of hydrogen-bond donors (Lipinski definition) is 1. The van der Waals surface area contributed by atoms with Crippen molar-refractivity contribution in [1.82, 2.24) is 9.62 Å². The highest BCUT2D eigenvalue weighted by Crippen LogP contribution is 2.37. The fourth-order valence-electron chi connectivity index (χ4n) is 2.91. The summed E-state index contributed by atoms with van der Waals surface area (Å²) in [5, 5.41) is 3.11. The molecule has 1 aromatic carbocycles. The maximum atomic E-state index is 12.8. The first-order chi connectivity index (χ1) is 10.0. The van der Waals surface area contributed by atoms with Gasteiger partial charge in [-0.1, -0.05) is 0 Å². The molecule has 1 saturated heterocycles. The van der Waals surface area contributed by atoms with E-state index in [1.165, 1.54) is 0 Å². The molecule has 1 unspecified atom stereocenters. The highest BCUT2D eigenvalue weighted by atomic mass is 32.2. The molecule has 3 rings (SSSR count). The third kappa shape index (κ3) is 2.61. The fraction of sp³-hybridized carbons (Fsp3) is 0.571. The third-order valence-corrected chi connectivity index (χ3v) is 6.04. The van der Waals surface area contributed by atoms with Crippen molar-refractivity contribution in [3.63, 3.8) is 0 Å². The SMILES string of the molecule is CNCC1CCN(S(=O)(=O)c2cc3c(cc2C)OCO3)C1. The van der Waals surface area contributed by atoms with Gasteiger partial charge >= 0.3 is 0 Å². The maximum Gasteiger partial charge on any atom is 0.243 e. The minimum absolute atomic E-state index is 0.145. The Hall–Kier alpha value is -1.31. The summed E-state index contributed by atoms with van der Waals surface area (Å²) in [6.07, 6.45) is 0.893. The van der Waals surface area contributed by atoms with Crippen LogP contribution in [0, 0.1) is 12.8 Å². The zero-order valence-electron chi connectivity index (χ0n) is 12.3. The van der Waals surface area contributed by atoms with E-state index >= 15 is 0 Å². The lowest BCUT2D eigenvalue weighted by Gasteiger charge is -2.18. The predicted octanol–water partition coefficient (Wildman–Crippen LogP) is 0.954. The number of sulfonamides is 1. The topological polar surface area (TPSA) is 67.9 Å². The van der Waals surface area contributed by atoms with Crippen LogP contribution in [0.15, 0.2) is 17.0 Å². The zero-order chi connectivity index (χ0) is 15.0. The van der Waals surface area contributed by atoms with Gasteiger partial charge in [-0.05, 0) is 44.5 Å². The molecule has 7 heteroatoms. The lowest BCUT2D eigenvalue weighted by Crippen LogP contribution is -2.30. The number of nitrogens with one attached hydrogen (secondary N) is 1. The number of rotatable bonds is 4. The summed E-state index contributed by atoms with van der Waals surface area (Å²) < 4.78 is 37.8. The Morgan fingerprint density at radius 2 is 2.05 bits per heavy atom. The van der Waals surface area contributed by atoms with Crippen LogP contribution in [0.5, 0.6) is 11.5 Å². The lowest BCUT2D eigenvalue weighted by atomic mass is 10.1. The summed E-state index contributed by atoms with van der Waals surface area (Å²) in [5.41, 5.74) is 0.691. The van der Waals surface area contributed by atoms with Crippen molar-refractivity contribution in [2.75, 3.05) is 33.5 Å². The molecule has 2 aliphatic heterocycles. The normalized spacial score (nSPS) is 21.9. The Kier molecular flexibility index (Phi) is 3.81. The van der Waals surface area contributed by atoms with E-state index in [2.05, 4.69) is 5.32 Å². The Morgan fingerprint density at radius 3 is 2.76 bits per heavy atom. The Bertz CT molecular complexity index is 645. The molecule has 116 valence electrons.